The second kappa shape index (κ2) is 13.1. The van der Waals surface area contributed by atoms with Crippen LogP contribution in [0.25, 0.3) is 0 Å². The molecular formula is C30H35Cl2N3O4S. The minimum absolute atomic E-state index is 0.0212. The van der Waals surface area contributed by atoms with Crippen molar-refractivity contribution in [1.29, 1.82) is 0 Å². The number of carbonyl (C=O) groups excluding carboxylic acids is 2. The van der Waals surface area contributed by atoms with E-state index in [1.165, 1.54) is 17.0 Å². The Morgan fingerprint density at radius 2 is 1.57 bits per heavy atom. The van der Waals surface area contributed by atoms with Crippen molar-refractivity contribution >= 4 is 50.7 Å². The minimum atomic E-state index is -4.16. The molecule has 0 fully saturated rings. The largest absolute Gasteiger partial charge is 0.350 e. The molecule has 1 unspecified atom stereocenters. The van der Waals surface area contributed by atoms with E-state index in [0.717, 1.165) is 4.31 Å². The number of carbonyl (C=O) groups is 2. The molecule has 7 nitrogen and oxygen atoms in total. The summed E-state index contributed by atoms with van der Waals surface area (Å²) in [5, 5.41) is 3.83. The maximum Gasteiger partial charge on any atom is 0.264 e. The number of nitrogens with zero attached hydrogens (tertiary/aromatic N) is 2. The second-order valence-electron chi connectivity index (χ2n) is 10.5. The van der Waals surface area contributed by atoms with E-state index in [0.29, 0.717) is 33.3 Å². The molecule has 3 aromatic rings. The van der Waals surface area contributed by atoms with Gasteiger partial charge in [0.05, 0.1) is 10.6 Å². The van der Waals surface area contributed by atoms with Gasteiger partial charge in [-0.2, -0.15) is 0 Å². The SMILES string of the molecule is CCC(C(=O)NC(C)(C)C)N(Cc1ccccc1Cl)C(=O)CN(c1ccc(Cl)cc1C)S(=O)(=O)c1ccccc1. The van der Waals surface area contributed by atoms with Gasteiger partial charge < -0.3 is 10.2 Å². The molecule has 0 aliphatic heterocycles. The third-order valence-corrected chi connectivity index (χ3v) is 8.60. The van der Waals surface area contributed by atoms with Gasteiger partial charge in [0.1, 0.15) is 12.6 Å². The maximum atomic E-state index is 14.1. The summed E-state index contributed by atoms with van der Waals surface area (Å²) in [7, 11) is -4.16. The van der Waals surface area contributed by atoms with Crippen molar-refractivity contribution in [3.8, 4) is 0 Å². The molecule has 40 heavy (non-hydrogen) atoms. The zero-order chi connectivity index (χ0) is 29.7. The molecule has 2 amide bonds. The standard InChI is InChI=1S/C30H35Cl2N3O4S/c1-6-26(29(37)33-30(3,4)5)34(19-22-12-10-11-15-25(22)32)28(36)20-35(27-17-16-23(31)18-21(27)2)40(38,39)24-13-8-7-9-14-24/h7-18,26H,6,19-20H2,1-5H3,(H,33,37). The van der Waals surface area contributed by atoms with Gasteiger partial charge in [-0.25, -0.2) is 8.42 Å². The number of hydrogen-bond acceptors (Lipinski definition) is 4. The molecular weight excluding hydrogens is 569 g/mol. The first kappa shape index (κ1) is 31.5. The Hall–Kier alpha value is -3.07. The summed E-state index contributed by atoms with van der Waals surface area (Å²) in [5.74, 6) is -0.889. The Balaban J connectivity index is 2.11. The number of anilines is 1. The Bertz CT molecular complexity index is 1460. The van der Waals surface area contributed by atoms with E-state index < -0.39 is 34.1 Å². The summed E-state index contributed by atoms with van der Waals surface area (Å²) in [6.07, 6.45) is 0.309. The van der Waals surface area contributed by atoms with E-state index in [9.17, 15) is 18.0 Å². The van der Waals surface area contributed by atoms with Crippen LogP contribution in [0.1, 0.15) is 45.2 Å². The first-order chi connectivity index (χ1) is 18.7. The molecule has 214 valence electrons. The number of benzene rings is 3. The molecule has 0 aromatic heterocycles. The number of aryl methyl sites for hydroxylation is 1. The lowest BCUT2D eigenvalue weighted by Gasteiger charge is -2.35. The van der Waals surface area contributed by atoms with E-state index in [-0.39, 0.29) is 17.3 Å². The van der Waals surface area contributed by atoms with Crippen LogP contribution in [0.4, 0.5) is 5.69 Å². The quantitative estimate of drug-likeness (QED) is 0.298. The molecule has 3 rings (SSSR count). The van der Waals surface area contributed by atoms with Gasteiger partial charge in [0.2, 0.25) is 11.8 Å². The van der Waals surface area contributed by atoms with E-state index in [2.05, 4.69) is 5.32 Å². The number of sulfonamides is 1. The van der Waals surface area contributed by atoms with Gasteiger partial charge in [-0.15, -0.1) is 0 Å². The fraction of sp³-hybridized carbons (Fsp3) is 0.333. The summed E-state index contributed by atoms with van der Waals surface area (Å²) in [6.45, 7) is 8.59. The van der Waals surface area contributed by atoms with Crippen molar-refractivity contribution in [3.05, 3.63) is 94.0 Å². The zero-order valence-corrected chi connectivity index (χ0v) is 25.6. The first-order valence-corrected chi connectivity index (χ1v) is 15.1. The van der Waals surface area contributed by atoms with Gasteiger partial charge in [-0.05, 0) is 81.6 Å². The molecule has 0 bridgehead atoms. The van der Waals surface area contributed by atoms with E-state index >= 15 is 0 Å². The molecule has 10 heteroatoms. The average molecular weight is 605 g/mol. The van der Waals surface area contributed by atoms with Crippen LogP contribution in [0, 0.1) is 6.92 Å². The van der Waals surface area contributed by atoms with Crippen molar-refractivity contribution in [2.45, 2.75) is 64.1 Å². The van der Waals surface area contributed by atoms with Crippen molar-refractivity contribution in [1.82, 2.24) is 10.2 Å². The lowest BCUT2D eigenvalue weighted by molar-refractivity contribution is -0.141. The van der Waals surface area contributed by atoms with Crippen LogP contribution >= 0.6 is 23.2 Å². The summed E-state index contributed by atoms with van der Waals surface area (Å²) >= 11 is 12.6. The normalized spacial score (nSPS) is 12.5. The van der Waals surface area contributed by atoms with Crippen LogP contribution in [0.5, 0.6) is 0 Å². The first-order valence-electron chi connectivity index (χ1n) is 12.9. The highest BCUT2D eigenvalue weighted by Crippen LogP contribution is 2.30. The van der Waals surface area contributed by atoms with Crippen LogP contribution < -0.4 is 9.62 Å². The number of nitrogens with one attached hydrogen (secondary N) is 1. The molecule has 0 radical (unpaired) electrons. The van der Waals surface area contributed by atoms with E-state index in [1.54, 1.807) is 67.6 Å². The topological polar surface area (TPSA) is 86.8 Å². The summed E-state index contributed by atoms with van der Waals surface area (Å²) in [6, 6.07) is 18.9. The van der Waals surface area contributed by atoms with Crippen molar-refractivity contribution < 1.29 is 18.0 Å². The third kappa shape index (κ3) is 7.77. The smallest absolute Gasteiger partial charge is 0.264 e. The molecule has 0 aliphatic carbocycles. The van der Waals surface area contributed by atoms with Crippen LogP contribution in [-0.2, 0) is 26.2 Å². The van der Waals surface area contributed by atoms with Gasteiger partial charge >= 0.3 is 0 Å². The Labute approximate surface area is 247 Å². The van der Waals surface area contributed by atoms with Crippen molar-refractivity contribution in [2.24, 2.45) is 0 Å². The zero-order valence-electron chi connectivity index (χ0n) is 23.3. The van der Waals surface area contributed by atoms with Crippen LogP contribution in [0.2, 0.25) is 10.0 Å². The third-order valence-electron chi connectivity index (χ3n) is 6.22. The highest BCUT2D eigenvalue weighted by molar-refractivity contribution is 7.92. The van der Waals surface area contributed by atoms with E-state index in [4.69, 9.17) is 23.2 Å². The van der Waals surface area contributed by atoms with Gasteiger partial charge in [-0.3, -0.25) is 13.9 Å². The lowest BCUT2D eigenvalue weighted by atomic mass is 10.1. The Morgan fingerprint density at radius 1 is 0.950 bits per heavy atom. The Morgan fingerprint density at radius 3 is 2.15 bits per heavy atom. The molecule has 0 aliphatic rings. The summed E-state index contributed by atoms with van der Waals surface area (Å²) < 4.78 is 28.9. The fourth-order valence-corrected chi connectivity index (χ4v) is 6.24. The van der Waals surface area contributed by atoms with Crippen LogP contribution in [0.15, 0.2) is 77.7 Å². The summed E-state index contributed by atoms with van der Waals surface area (Å²) in [5.41, 5.74) is 0.994. The average Bonchev–Trinajstić information content (AvgIpc) is 2.88. The predicted octanol–water partition coefficient (Wildman–Crippen LogP) is 6.22. The summed E-state index contributed by atoms with van der Waals surface area (Å²) in [4.78, 5) is 29.0. The molecule has 1 N–H and O–H groups in total. The molecule has 0 spiro atoms. The van der Waals surface area contributed by atoms with Gasteiger partial charge in [0.25, 0.3) is 10.0 Å². The molecule has 1 atom stereocenters. The molecule has 0 saturated carbocycles. The van der Waals surface area contributed by atoms with Crippen LogP contribution in [-0.4, -0.2) is 43.3 Å². The second-order valence-corrected chi connectivity index (χ2v) is 13.2. The molecule has 0 heterocycles. The van der Waals surface area contributed by atoms with E-state index in [1.807, 2.05) is 27.7 Å². The molecule has 3 aromatic carbocycles. The number of halogens is 2. The number of amides is 2. The number of rotatable bonds is 10. The number of hydrogen-bond donors (Lipinski definition) is 1. The van der Waals surface area contributed by atoms with Gasteiger partial charge in [0, 0.05) is 22.1 Å². The lowest BCUT2D eigenvalue weighted by Crippen LogP contribution is -2.55. The fourth-order valence-electron chi connectivity index (χ4n) is 4.31. The van der Waals surface area contributed by atoms with Gasteiger partial charge in [-0.1, -0.05) is 66.5 Å². The maximum absolute atomic E-state index is 14.1. The van der Waals surface area contributed by atoms with Crippen molar-refractivity contribution in [2.75, 3.05) is 10.8 Å². The van der Waals surface area contributed by atoms with Crippen LogP contribution in [0.3, 0.4) is 0 Å². The predicted molar refractivity (Wildman–Crippen MR) is 161 cm³/mol. The molecule has 0 saturated heterocycles. The van der Waals surface area contributed by atoms with Crippen molar-refractivity contribution in [3.63, 3.8) is 0 Å². The Kier molecular flexibility index (Phi) is 10.3. The monoisotopic (exact) mass is 603 g/mol. The highest BCUT2D eigenvalue weighted by atomic mass is 35.5. The highest BCUT2D eigenvalue weighted by Gasteiger charge is 2.35. The van der Waals surface area contributed by atoms with Gasteiger partial charge in [0.15, 0.2) is 0 Å². The minimum Gasteiger partial charge on any atom is -0.350 e.